The van der Waals surface area contributed by atoms with Gasteiger partial charge in [0.25, 0.3) is 5.91 Å². The molecule has 2 rings (SSSR count). The molecule has 88 valence electrons. The Balaban J connectivity index is 2.23. The molecule has 0 unspecified atom stereocenters. The van der Waals surface area contributed by atoms with E-state index in [0.717, 1.165) is 13.7 Å². The fourth-order valence-corrected chi connectivity index (χ4v) is 2.55. The van der Waals surface area contributed by atoms with E-state index < -0.39 is 0 Å². The van der Waals surface area contributed by atoms with Gasteiger partial charge in [-0.3, -0.25) is 4.79 Å². The summed E-state index contributed by atoms with van der Waals surface area (Å²) < 4.78 is 3.70. The van der Waals surface area contributed by atoms with Crippen LogP contribution in [0, 0.1) is 3.57 Å². The van der Waals surface area contributed by atoms with Crippen LogP contribution in [0.15, 0.2) is 41.0 Å². The number of rotatable bonds is 2. The summed E-state index contributed by atoms with van der Waals surface area (Å²) in [5.74, 6) is -0.109. The second kappa shape index (κ2) is 5.22. The van der Waals surface area contributed by atoms with Crippen molar-refractivity contribution in [3.8, 4) is 0 Å². The van der Waals surface area contributed by atoms with E-state index >= 15 is 0 Å². The molecule has 0 fully saturated rings. The molecule has 0 bridgehead atoms. The zero-order valence-electron chi connectivity index (χ0n) is 9.08. The Labute approximate surface area is 121 Å². The van der Waals surface area contributed by atoms with Crippen molar-refractivity contribution >= 4 is 50.1 Å². The SMILES string of the molecule is Cn1cc(Br)cc1C(=O)Nc1ccccc1I. The van der Waals surface area contributed by atoms with Gasteiger partial charge in [0.15, 0.2) is 0 Å². The van der Waals surface area contributed by atoms with E-state index in [1.54, 1.807) is 10.6 Å². The van der Waals surface area contributed by atoms with Gasteiger partial charge >= 0.3 is 0 Å². The molecule has 1 N–H and O–H groups in total. The van der Waals surface area contributed by atoms with Crippen molar-refractivity contribution in [3.05, 3.63) is 50.3 Å². The number of amides is 1. The fourth-order valence-electron chi connectivity index (χ4n) is 1.50. The first-order chi connectivity index (χ1) is 8.08. The maximum Gasteiger partial charge on any atom is 0.272 e. The Morgan fingerprint density at radius 3 is 2.71 bits per heavy atom. The van der Waals surface area contributed by atoms with Crippen LogP contribution in [-0.2, 0) is 7.05 Å². The van der Waals surface area contributed by atoms with Crippen LogP contribution >= 0.6 is 38.5 Å². The molecule has 0 aliphatic carbocycles. The number of benzene rings is 1. The molecule has 0 aliphatic rings. The Morgan fingerprint density at radius 2 is 2.12 bits per heavy atom. The molecule has 1 amide bonds. The third-order valence-electron chi connectivity index (χ3n) is 2.33. The molecule has 0 saturated carbocycles. The highest BCUT2D eigenvalue weighted by Gasteiger charge is 2.12. The van der Waals surface area contributed by atoms with E-state index in [2.05, 4.69) is 43.8 Å². The second-order valence-electron chi connectivity index (χ2n) is 3.59. The van der Waals surface area contributed by atoms with Crippen molar-refractivity contribution in [2.24, 2.45) is 7.05 Å². The molecule has 2 aromatic rings. The number of halogens is 2. The van der Waals surface area contributed by atoms with Crippen LogP contribution in [0.5, 0.6) is 0 Å². The summed E-state index contributed by atoms with van der Waals surface area (Å²) in [6.07, 6.45) is 1.85. The number of hydrogen-bond donors (Lipinski definition) is 1. The molecule has 3 nitrogen and oxygen atoms in total. The summed E-state index contributed by atoms with van der Waals surface area (Å²) >= 11 is 5.55. The Hall–Kier alpha value is -0.820. The van der Waals surface area contributed by atoms with Gasteiger partial charge in [0.05, 0.1) is 5.69 Å². The average molecular weight is 405 g/mol. The quantitative estimate of drug-likeness (QED) is 0.761. The number of carbonyl (C=O) groups excluding carboxylic acids is 1. The molecule has 17 heavy (non-hydrogen) atoms. The molecule has 0 spiro atoms. The molecule has 0 saturated heterocycles. The van der Waals surface area contributed by atoms with Crippen molar-refractivity contribution < 1.29 is 4.79 Å². The molecule has 0 aliphatic heterocycles. The maximum atomic E-state index is 12.0. The first kappa shape index (κ1) is 12.6. The number of carbonyl (C=O) groups is 1. The number of nitrogens with zero attached hydrogens (tertiary/aromatic N) is 1. The van der Waals surface area contributed by atoms with Gasteiger partial charge in [0.1, 0.15) is 5.69 Å². The maximum absolute atomic E-state index is 12.0. The zero-order chi connectivity index (χ0) is 12.4. The molecule has 0 radical (unpaired) electrons. The number of para-hydroxylation sites is 1. The Kier molecular flexibility index (Phi) is 3.88. The van der Waals surface area contributed by atoms with Gasteiger partial charge in [-0.05, 0) is 56.7 Å². The first-order valence-corrected chi connectivity index (χ1v) is 6.83. The Morgan fingerprint density at radius 1 is 1.41 bits per heavy atom. The molecule has 1 heterocycles. The highest BCUT2D eigenvalue weighted by atomic mass is 127. The zero-order valence-corrected chi connectivity index (χ0v) is 12.8. The van der Waals surface area contributed by atoms with Crippen molar-refractivity contribution in [1.29, 1.82) is 0 Å². The number of aromatic nitrogens is 1. The minimum atomic E-state index is -0.109. The van der Waals surface area contributed by atoms with E-state index in [0.29, 0.717) is 5.69 Å². The summed E-state index contributed by atoms with van der Waals surface area (Å²) in [6, 6.07) is 9.48. The van der Waals surface area contributed by atoms with Gasteiger partial charge < -0.3 is 9.88 Å². The van der Waals surface area contributed by atoms with Crippen LogP contribution in [0.4, 0.5) is 5.69 Å². The third kappa shape index (κ3) is 2.90. The van der Waals surface area contributed by atoms with Gasteiger partial charge in [0.2, 0.25) is 0 Å². The van der Waals surface area contributed by atoms with Crippen LogP contribution in [0.2, 0.25) is 0 Å². The minimum absolute atomic E-state index is 0.109. The van der Waals surface area contributed by atoms with Crippen molar-refractivity contribution in [2.45, 2.75) is 0 Å². The normalized spacial score (nSPS) is 10.3. The highest BCUT2D eigenvalue weighted by molar-refractivity contribution is 14.1. The van der Waals surface area contributed by atoms with Crippen LogP contribution in [0.3, 0.4) is 0 Å². The predicted molar refractivity (Wildman–Crippen MR) is 80.2 cm³/mol. The Bertz CT molecular complexity index is 565. The molecule has 0 atom stereocenters. The number of nitrogens with one attached hydrogen (secondary N) is 1. The smallest absolute Gasteiger partial charge is 0.272 e. The first-order valence-electron chi connectivity index (χ1n) is 4.95. The second-order valence-corrected chi connectivity index (χ2v) is 5.67. The average Bonchev–Trinajstić information content (AvgIpc) is 2.61. The summed E-state index contributed by atoms with van der Waals surface area (Å²) in [4.78, 5) is 12.0. The van der Waals surface area contributed by atoms with Crippen LogP contribution < -0.4 is 5.32 Å². The topological polar surface area (TPSA) is 34.0 Å². The molecule has 5 heteroatoms. The van der Waals surface area contributed by atoms with E-state index in [1.165, 1.54) is 0 Å². The van der Waals surface area contributed by atoms with E-state index in [4.69, 9.17) is 0 Å². The number of hydrogen-bond acceptors (Lipinski definition) is 1. The lowest BCUT2D eigenvalue weighted by atomic mass is 10.3. The highest BCUT2D eigenvalue weighted by Crippen LogP contribution is 2.19. The van der Waals surface area contributed by atoms with Gasteiger partial charge in [-0.1, -0.05) is 12.1 Å². The molecular formula is C12H10BrIN2O. The summed E-state index contributed by atoms with van der Waals surface area (Å²) in [5.41, 5.74) is 1.45. The van der Waals surface area contributed by atoms with Gasteiger partial charge in [-0.25, -0.2) is 0 Å². The predicted octanol–water partition coefficient (Wildman–Crippen LogP) is 3.64. The largest absolute Gasteiger partial charge is 0.345 e. The van der Waals surface area contributed by atoms with Gasteiger partial charge in [-0.2, -0.15) is 0 Å². The summed E-state index contributed by atoms with van der Waals surface area (Å²) in [5, 5.41) is 2.89. The third-order valence-corrected chi connectivity index (χ3v) is 3.70. The van der Waals surface area contributed by atoms with Crippen molar-refractivity contribution in [3.63, 3.8) is 0 Å². The number of anilines is 1. The lowest BCUT2D eigenvalue weighted by Gasteiger charge is -2.07. The fraction of sp³-hybridized carbons (Fsp3) is 0.0833. The molecular weight excluding hydrogens is 395 g/mol. The summed E-state index contributed by atoms with van der Waals surface area (Å²) in [7, 11) is 1.84. The molecule has 1 aromatic heterocycles. The lowest BCUT2D eigenvalue weighted by Crippen LogP contribution is -2.15. The summed E-state index contributed by atoms with van der Waals surface area (Å²) in [6.45, 7) is 0. The van der Waals surface area contributed by atoms with Crippen LogP contribution in [0.1, 0.15) is 10.5 Å². The minimum Gasteiger partial charge on any atom is -0.345 e. The van der Waals surface area contributed by atoms with Crippen molar-refractivity contribution in [2.75, 3.05) is 5.32 Å². The van der Waals surface area contributed by atoms with E-state index in [-0.39, 0.29) is 5.91 Å². The molecule has 1 aromatic carbocycles. The standard InChI is InChI=1S/C12H10BrIN2O/c1-16-7-8(13)6-11(16)12(17)15-10-5-3-2-4-9(10)14/h2-7H,1H3,(H,15,17). The van der Waals surface area contributed by atoms with Crippen molar-refractivity contribution in [1.82, 2.24) is 4.57 Å². The van der Waals surface area contributed by atoms with Crippen LogP contribution in [0.25, 0.3) is 0 Å². The monoisotopic (exact) mass is 404 g/mol. The van der Waals surface area contributed by atoms with Gasteiger partial charge in [0, 0.05) is 21.3 Å². The lowest BCUT2D eigenvalue weighted by molar-refractivity contribution is 0.101. The van der Waals surface area contributed by atoms with E-state index in [1.807, 2.05) is 37.5 Å². The van der Waals surface area contributed by atoms with Crippen LogP contribution in [-0.4, -0.2) is 10.5 Å². The van der Waals surface area contributed by atoms with E-state index in [9.17, 15) is 4.79 Å². The van der Waals surface area contributed by atoms with Gasteiger partial charge in [-0.15, -0.1) is 0 Å². The number of aryl methyl sites for hydroxylation is 1.